The van der Waals surface area contributed by atoms with Crippen LogP contribution in [0.15, 0.2) is 30.2 Å². The lowest BCUT2D eigenvalue weighted by Crippen LogP contribution is -2.41. The molecule has 20 heavy (non-hydrogen) atoms. The van der Waals surface area contributed by atoms with Crippen LogP contribution in [0.3, 0.4) is 0 Å². The first kappa shape index (κ1) is 14.8. The Morgan fingerprint density at radius 1 is 1.10 bits per heavy atom. The van der Waals surface area contributed by atoms with Gasteiger partial charge in [-0.05, 0) is 45.4 Å². The number of carbonyl (C=O) groups is 1. The first-order chi connectivity index (χ1) is 9.21. The zero-order valence-electron chi connectivity index (χ0n) is 12.2. The quantitative estimate of drug-likeness (QED) is 0.861. The van der Waals surface area contributed by atoms with Crippen molar-refractivity contribution in [1.82, 2.24) is 0 Å². The molecule has 1 saturated heterocycles. The minimum absolute atomic E-state index is 0.276. The first-order valence-electron chi connectivity index (χ1n) is 6.58. The van der Waals surface area contributed by atoms with Crippen molar-refractivity contribution in [2.24, 2.45) is 0 Å². The molecular formula is C15H19BO4. The van der Waals surface area contributed by atoms with Crippen molar-refractivity contribution in [2.75, 3.05) is 0 Å². The van der Waals surface area contributed by atoms with E-state index in [0.29, 0.717) is 0 Å². The van der Waals surface area contributed by atoms with Crippen molar-refractivity contribution in [2.45, 2.75) is 38.9 Å². The maximum absolute atomic E-state index is 10.8. The Morgan fingerprint density at radius 2 is 1.60 bits per heavy atom. The van der Waals surface area contributed by atoms with Gasteiger partial charge in [-0.3, -0.25) is 0 Å². The van der Waals surface area contributed by atoms with Gasteiger partial charge in [0.15, 0.2) is 0 Å². The first-order valence-corrected chi connectivity index (χ1v) is 6.58. The van der Waals surface area contributed by atoms with Gasteiger partial charge in [0.2, 0.25) is 0 Å². The summed E-state index contributed by atoms with van der Waals surface area (Å²) in [6.07, 6.45) is 1.87. The predicted molar refractivity (Wildman–Crippen MR) is 78.5 cm³/mol. The van der Waals surface area contributed by atoms with Crippen LogP contribution in [0.5, 0.6) is 0 Å². The molecule has 1 fully saturated rings. The summed E-state index contributed by atoms with van der Waals surface area (Å²) < 4.78 is 11.7. The van der Waals surface area contributed by atoms with Gasteiger partial charge in [0, 0.05) is 0 Å². The molecule has 5 heteroatoms. The highest BCUT2D eigenvalue weighted by molar-refractivity contribution is 6.52. The predicted octanol–water partition coefficient (Wildman–Crippen LogP) is 3.03. The largest absolute Gasteiger partial charge is 0.487 e. The van der Waals surface area contributed by atoms with Gasteiger partial charge in [-0.1, -0.05) is 24.2 Å². The van der Waals surface area contributed by atoms with Gasteiger partial charge in [-0.25, -0.2) is 4.79 Å². The van der Waals surface area contributed by atoms with Crippen molar-refractivity contribution in [3.8, 4) is 0 Å². The van der Waals surface area contributed by atoms with Crippen LogP contribution in [0.2, 0.25) is 0 Å². The molecule has 0 radical (unpaired) electrons. The molecular weight excluding hydrogens is 255 g/mol. The van der Waals surface area contributed by atoms with E-state index in [4.69, 9.17) is 14.4 Å². The van der Waals surface area contributed by atoms with Gasteiger partial charge in [-0.2, -0.15) is 0 Å². The van der Waals surface area contributed by atoms with E-state index >= 15 is 0 Å². The normalized spacial score (nSPS) is 20.5. The number of rotatable bonds is 3. The monoisotopic (exact) mass is 274 g/mol. The van der Waals surface area contributed by atoms with Crippen LogP contribution in [0.4, 0.5) is 0 Å². The Labute approximate surface area is 119 Å². The van der Waals surface area contributed by atoms with Crippen molar-refractivity contribution in [1.29, 1.82) is 0 Å². The Morgan fingerprint density at radius 3 is 2.05 bits per heavy atom. The summed E-state index contributed by atoms with van der Waals surface area (Å²) in [6.45, 7) is 8.01. The maximum Gasteiger partial charge on any atom is 0.487 e. The second-order valence-electron chi connectivity index (χ2n) is 5.91. The molecule has 0 spiro atoms. The van der Waals surface area contributed by atoms with Crippen molar-refractivity contribution in [3.63, 3.8) is 0 Å². The number of benzene rings is 1. The Balaban J connectivity index is 2.06. The Kier molecular flexibility index (Phi) is 3.76. The molecule has 0 aliphatic carbocycles. The molecule has 1 aliphatic rings. The van der Waals surface area contributed by atoms with E-state index in [-0.39, 0.29) is 23.9 Å². The smallest absolute Gasteiger partial charge is 0.478 e. The van der Waals surface area contributed by atoms with Crippen molar-refractivity contribution >= 4 is 19.2 Å². The second kappa shape index (κ2) is 5.07. The summed E-state index contributed by atoms with van der Waals surface area (Å²) in [7, 11) is -0.390. The molecule has 1 aliphatic heterocycles. The van der Waals surface area contributed by atoms with Gasteiger partial charge in [0.25, 0.3) is 0 Å². The fourth-order valence-electron chi connectivity index (χ4n) is 1.89. The van der Waals surface area contributed by atoms with Gasteiger partial charge >= 0.3 is 13.1 Å². The third-order valence-corrected chi connectivity index (χ3v) is 3.87. The Bertz CT molecular complexity index is 515. The van der Waals surface area contributed by atoms with Gasteiger partial charge in [-0.15, -0.1) is 0 Å². The molecule has 2 rings (SSSR count). The highest BCUT2D eigenvalue weighted by atomic mass is 16.7. The molecule has 0 atom stereocenters. The molecule has 0 unspecified atom stereocenters. The molecule has 106 valence electrons. The molecule has 4 nitrogen and oxygen atoms in total. The summed E-state index contributed by atoms with van der Waals surface area (Å²) >= 11 is 0. The van der Waals surface area contributed by atoms with Crippen LogP contribution in [0.25, 0.3) is 6.08 Å². The minimum Gasteiger partial charge on any atom is -0.478 e. The maximum atomic E-state index is 10.8. The van der Waals surface area contributed by atoms with Crippen LogP contribution in [0.1, 0.15) is 43.6 Å². The zero-order valence-corrected chi connectivity index (χ0v) is 12.2. The zero-order chi connectivity index (χ0) is 15.0. The molecule has 1 aromatic carbocycles. The lowest BCUT2D eigenvalue weighted by atomic mass is 9.89. The van der Waals surface area contributed by atoms with Crippen LogP contribution >= 0.6 is 0 Å². The summed E-state index contributed by atoms with van der Waals surface area (Å²) in [5.41, 5.74) is 0.479. The van der Waals surface area contributed by atoms with E-state index in [2.05, 4.69) is 0 Å². The fourth-order valence-corrected chi connectivity index (χ4v) is 1.89. The molecule has 1 aromatic rings. The fraction of sp³-hybridized carbons (Fsp3) is 0.400. The van der Waals surface area contributed by atoms with E-state index in [1.54, 1.807) is 24.3 Å². The standard InChI is InChI=1S/C15H19BO4/c1-14(2)15(3,4)20-16(19-14)10-9-11-5-7-12(8-6-11)13(17)18/h5-10H,1-4H3,(H,17,18)/b10-9+. The third kappa shape index (κ3) is 2.94. The highest BCUT2D eigenvalue weighted by Crippen LogP contribution is 2.36. The molecule has 0 aromatic heterocycles. The van der Waals surface area contributed by atoms with Crippen molar-refractivity contribution in [3.05, 3.63) is 41.4 Å². The number of hydrogen-bond donors (Lipinski definition) is 1. The van der Waals surface area contributed by atoms with E-state index in [9.17, 15) is 4.79 Å². The summed E-state index contributed by atoms with van der Waals surface area (Å²) in [4.78, 5) is 10.8. The van der Waals surface area contributed by atoms with Crippen LogP contribution < -0.4 is 0 Å². The summed E-state index contributed by atoms with van der Waals surface area (Å²) in [6, 6.07) is 6.66. The van der Waals surface area contributed by atoms with E-state index in [1.165, 1.54) is 0 Å². The van der Waals surface area contributed by atoms with Gasteiger partial charge in [0.05, 0.1) is 16.8 Å². The van der Waals surface area contributed by atoms with Gasteiger partial charge < -0.3 is 14.4 Å². The van der Waals surface area contributed by atoms with E-state index in [0.717, 1.165) is 5.56 Å². The van der Waals surface area contributed by atoms with E-state index < -0.39 is 5.97 Å². The van der Waals surface area contributed by atoms with Crippen LogP contribution in [0, 0.1) is 0 Å². The third-order valence-electron chi connectivity index (χ3n) is 3.87. The molecule has 1 N–H and O–H groups in total. The number of carboxylic acid groups (broad SMARTS) is 1. The average Bonchev–Trinajstić information content (AvgIpc) is 2.56. The number of aromatic carboxylic acids is 1. The lowest BCUT2D eigenvalue weighted by Gasteiger charge is -2.32. The van der Waals surface area contributed by atoms with Crippen molar-refractivity contribution < 1.29 is 19.2 Å². The minimum atomic E-state index is -0.925. The average molecular weight is 274 g/mol. The SMILES string of the molecule is CC1(C)OB(/C=C/c2ccc(C(=O)O)cc2)OC1(C)C. The highest BCUT2D eigenvalue weighted by Gasteiger charge is 2.49. The second-order valence-corrected chi connectivity index (χ2v) is 5.91. The molecule has 1 heterocycles. The summed E-state index contributed by atoms with van der Waals surface area (Å²) in [5, 5.41) is 8.84. The van der Waals surface area contributed by atoms with Crippen LogP contribution in [-0.2, 0) is 9.31 Å². The van der Waals surface area contributed by atoms with E-state index in [1.807, 2.05) is 39.7 Å². The molecule has 0 saturated carbocycles. The topological polar surface area (TPSA) is 55.8 Å². The molecule has 0 bridgehead atoms. The summed E-state index contributed by atoms with van der Waals surface area (Å²) in [5.74, 6) is 0.915. The number of hydrogen-bond acceptors (Lipinski definition) is 3. The van der Waals surface area contributed by atoms with Crippen LogP contribution in [-0.4, -0.2) is 29.4 Å². The molecule has 0 amide bonds. The van der Waals surface area contributed by atoms with Gasteiger partial charge in [0.1, 0.15) is 0 Å². The number of carboxylic acids is 1. The lowest BCUT2D eigenvalue weighted by molar-refractivity contribution is 0.00578. The Hall–Kier alpha value is -1.59.